The Morgan fingerprint density at radius 3 is 2.47 bits per heavy atom. The highest BCUT2D eigenvalue weighted by Crippen LogP contribution is 2.65. The van der Waals surface area contributed by atoms with Gasteiger partial charge in [-0.25, -0.2) is 0 Å². The van der Waals surface area contributed by atoms with Crippen LogP contribution in [0.15, 0.2) is 23.3 Å². The van der Waals surface area contributed by atoms with E-state index in [0.717, 1.165) is 42.4 Å². The van der Waals surface area contributed by atoms with Crippen LogP contribution in [0.5, 0.6) is 0 Å². The summed E-state index contributed by atoms with van der Waals surface area (Å²) in [5.74, 6) is -0.252. The van der Waals surface area contributed by atoms with Crippen LogP contribution in [-0.2, 0) is 14.4 Å². The van der Waals surface area contributed by atoms with E-state index in [1.807, 2.05) is 6.92 Å². The molecule has 2 saturated carbocycles. The maximum Gasteiger partial charge on any atom is 0.310 e. The Balaban J connectivity index is 1.61. The zero-order valence-electron chi connectivity index (χ0n) is 21.5. The summed E-state index contributed by atoms with van der Waals surface area (Å²) in [4.78, 5) is 38.7. The third-order valence-corrected chi connectivity index (χ3v) is 10.7. The van der Waals surface area contributed by atoms with Crippen LogP contribution >= 0.6 is 0 Å². The largest absolute Gasteiger partial charge is 0.481 e. The molecular formula is C29H42O5. The smallest absolute Gasteiger partial charge is 0.310 e. The molecule has 5 nitrogen and oxygen atoms in total. The fourth-order valence-electron chi connectivity index (χ4n) is 8.43. The fourth-order valence-corrected chi connectivity index (χ4v) is 8.43. The van der Waals surface area contributed by atoms with Gasteiger partial charge in [-0.05, 0) is 80.5 Å². The van der Waals surface area contributed by atoms with Crippen molar-refractivity contribution >= 4 is 17.5 Å². The fraction of sp³-hybridized carbons (Fsp3) is 0.759. The second kappa shape index (κ2) is 8.72. The first-order valence-electron chi connectivity index (χ1n) is 13.2. The maximum atomic E-state index is 13.8. The van der Waals surface area contributed by atoms with Crippen molar-refractivity contribution in [3.05, 3.63) is 23.3 Å². The van der Waals surface area contributed by atoms with E-state index in [9.17, 15) is 24.6 Å². The molecule has 0 bridgehead atoms. The third kappa shape index (κ3) is 3.73. The first-order valence-corrected chi connectivity index (χ1v) is 13.2. The summed E-state index contributed by atoms with van der Waals surface area (Å²) in [6.45, 7) is 14.3. The van der Waals surface area contributed by atoms with E-state index in [1.165, 1.54) is 0 Å². The summed E-state index contributed by atoms with van der Waals surface area (Å²) in [7, 11) is 0. The number of carboxylic acid groups (broad SMARTS) is 1. The molecule has 0 heterocycles. The second-order valence-electron chi connectivity index (χ2n) is 12.5. The van der Waals surface area contributed by atoms with Crippen molar-refractivity contribution in [1.29, 1.82) is 0 Å². The van der Waals surface area contributed by atoms with Crippen LogP contribution in [0.25, 0.3) is 0 Å². The SMILES string of the molecule is C=C(CC[C@@H](C)[C@H]1CC[C@H]2C3=C(C(=O)C[C@]12C)[C@@]1(C)CC[C@@H](O)[C@@H](C)[C@@H]1CC3=O)[C@H](C)C(=O)O. The predicted octanol–water partition coefficient (Wildman–Crippen LogP) is 5.37. The number of hydrogen-bond donors (Lipinski definition) is 2. The minimum atomic E-state index is -0.838. The molecule has 0 aromatic heterocycles. The van der Waals surface area contributed by atoms with Crippen LogP contribution < -0.4 is 0 Å². The molecule has 0 amide bonds. The van der Waals surface area contributed by atoms with E-state index in [-0.39, 0.29) is 40.2 Å². The Morgan fingerprint density at radius 2 is 1.82 bits per heavy atom. The second-order valence-corrected chi connectivity index (χ2v) is 12.5. The molecule has 0 aliphatic heterocycles. The normalized spacial score (nSPS) is 41.4. The van der Waals surface area contributed by atoms with Crippen molar-refractivity contribution < 1.29 is 24.6 Å². The molecule has 4 aliphatic rings. The molecule has 9 atom stereocenters. The molecule has 0 saturated heterocycles. The van der Waals surface area contributed by atoms with Gasteiger partial charge in [0.2, 0.25) is 0 Å². The Morgan fingerprint density at radius 1 is 1.15 bits per heavy atom. The number of carbonyl (C=O) groups excluding carboxylic acids is 2. The molecule has 2 fully saturated rings. The zero-order valence-corrected chi connectivity index (χ0v) is 21.5. The van der Waals surface area contributed by atoms with Gasteiger partial charge in [-0.1, -0.05) is 39.8 Å². The average Bonchev–Trinajstić information content (AvgIpc) is 3.11. The molecule has 0 aromatic rings. The van der Waals surface area contributed by atoms with Crippen LogP contribution in [0.3, 0.4) is 0 Å². The molecule has 4 aliphatic carbocycles. The van der Waals surface area contributed by atoms with Crippen molar-refractivity contribution in [3.63, 3.8) is 0 Å². The number of rotatable bonds is 6. The highest BCUT2D eigenvalue weighted by molar-refractivity contribution is 6.10. The van der Waals surface area contributed by atoms with Gasteiger partial charge < -0.3 is 10.2 Å². The number of aliphatic carboxylic acids is 1. The Hall–Kier alpha value is -1.75. The molecule has 4 rings (SSSR count). The quantitative estimate of drug-likeness (QED) is 0.509. The topological polar surface area (TPSA) is 91.7 Å². The molecule has 0 spiro atoms. The zero-order chi connectivity index (χ0) is 25.2. The molecular weight excluding hydrogens is 428 g/mol. The molecule has 0 aromatic carbocycles. The van der Waals surface area contributed by atoms with E-state index >= 15 is 0 Å². The number of hydrogen-bond acceptors (Lipinski definition) is 4. The van der Waals surface area contributed by atoms with E-state index in [1.54, 1.807) is 6.92 Å². The number of ketones is 2. The van der Waals surface area contributed by atoms with Gasteiger partial charge in [-0.3, -0.25) is 14.4 Å². The lowest BCUT2D eigenvalue weighted by atomic mass is 9.48. The van der Waals surface area contributed by atoms with Gasteiger partial charge in [-0.15, -0.1) is 0 Å². The summed E-state index contributed by atoms with van der Waals surface area (Å²) in [5.41, 5.74) is 1.85. The summed E-state index contributed by atoms with van der Waals surface area (Å²) >= 11 is 0. The van der Waals surface area contributed by atoms with E-state index in [0.29, 0.717) is 37.5 Å². The van der Waals surface area contributed by atoms with Crippen LogP contribution in [0, 0.1) is 46.3 Å². The van der Waals surface area contributed by atoms with E-state index in [4.69, 9.17) is 0 Å². The molecule has 34 heavy (non-hydrogen) atoms. The Kier molecular flexibility index (Phi) is 6.50. The van der Waals surface area contributed by atoms with Crippen molar-refractivity contribution in [1.82, 2.24) is 0 Å². The van der Waals surface area contributed by atoms with Gasteiger partial charge in [0.05, 0.1) is 12.0 Å². The minimum Gasteiger partial charge on any atom is -0.481 e. The third-order valence-electron chi connectivity index (χ3n) is 10.7. The molecule has 0 unspecified atom stereocenters. The standard InChI is InChI=1S/C29H42O5/c1-15(17(3)27(33)34)7-8-16(2)19-9-10-20-25-23(31)13-21-18(4)22(30)11-12-28(21,5)26(25)24(32)14-29(19,20)6/h16-22,30H,1,7-14H2,2-6H3,(H,33,34)/t16-,17+,18+,19-,20+,21+,22-,28+,29-/m1/s1. The summed E-state index contributed by atoms with van der Waals surface area (Å²) < 4.78 is 0. The highest BCUT2D eigenvalue weighted by atomic mass is 16.4. The van der Waals surface area contributed by atoms with Gasteiger partial charge in [0.15, 0.2) is 11.6 Å². The van der Waals surface area contributed by atoms with Crippen molar-refractivity contribution in [2.45, 2.75) is 92.1 Å². The first-order chi connectivity index (χ1) is 15.8. The molecule has 188 valence electrons. The molecule has 2 N–H and O–H groups in total. The van der Waals surface area contributed by atoms with E-state index in [2.05, 4.69) is 27.4 Å². The lowest BCUT2D eigenvalue weighted by Crippen LogP contribution is -2.53. The number of allylic oxidation sites excluding steroid dienone is 2. The van der Waals surface area contributed by atoms with Crippen LogP contribution in [0.1, 0.15) is 86.0 Å². The number of aliphatic hydroxyl groups excluding tert-OH is 1. The summed E-state index contributed by atoms with van der Waals surface area (Å²) in [5, 5.41) is 19.7. The minimum absolute atomic E-state index is 0.0236. The van der Waals surface area contributed by atoms with Gasteiger partial charge in [-0.2, -0.15) is 0 Å². The monoisotopic (exact) mass is 470 g/mol. The summed E-state index contributed by atoms with van der Waals surface area (Å²) in [6, 6.07) is 0. The highest BCUT2D eigenvalue weighted by Gasteiger charge is 2.61. The van der Waals surface area contributed by atoms with E-state index < -0.39 is 18.0 Å². The maximum absolute atomic E-state index is 13.8. The lowest BCUT2D eigenvalue weighted by Gasteiger charge is -2.55. The first kappa shape index (κ1) is 25.3. The predicted molar refractivity (Wildman–Crippen MR) is 131 cm³/mol. The van der Waals surface area contributed by atoms with Crippen molar-refractivity contribution in [3.8, 4) is 0 Å². The van der Waals surface area contributed by atoms with Crippen molar-refractivity contribution in [2.24, 2.45) is 46.3 Å². The van der Waals surface area contributed by atoms with Gasteiger partial charge >= 0.3 is 5.97 Å². The lowest BCUT2D eigenvalue weighted by molar-refractivity contribution is -0.140. The average molecular weight is 471 g/mol. The number of carboxylic acids is 1. The molecule has 5 heteroatoms. The van der Waals surface area contributed by atoms with Crippen LogP contribution in [0.2, 0.25) is 0 Å². The van der Waals surface area contributed by atoms with Crippen LogP contribution in [0.4, 0.5) is 0 Å². The Bertz CT molecular complexity index is 946. The number of carbonyl (C=O) groups is 3. The number of fused-ring (bicyclic) bond motifs is 4. The van der Waals surface area contributed by atoms with Crippen LogP contribution in [-0.4, -0.2) is 33.9 Å². The van der Waals surface area contributed by atoms with Gasteiger partial charge in [0.1, 0.15) is 0 Å². The number of aliphatic hydroxyl groups is 1. The number of Topliss-reactive ketones (excluding diaryl/α,β-unsaturated/α-hetero) is 2. The summed E-state index contributed by atoms with van der Waals surface area (Å²) in [6.07, 6.45) is 5.46. The van der Waals surface area contributed by atoms with Crippen molar-refractivity contribution in [2.75, 3.05) is 0 Å². The molecule has 0 radical (unpaired) electrons. The van der Waals surface area contributed by atoms with Gasteiger partial charge in [0, 0.05) is 29.4 Å². The Labute approximate surface area is 204 Å². The van der Waals surface area contributed by atoms with Gasteiger partial charge in [0.25, 0.3) is 0 Å².